The average Bonchev–Trinajstić information content (AvgIpc) is 3.37. The Morgan fingerprint density at radius 2 is 1.91 bits per heavy atom. The van der Waals surface area contributed by atoms with E-state index in [1.54, 1.807) is 24.3 Å². The summed E-state index contributed by atoms with van der Waals surface area (Å²) in [4.78, 5) is 49.0. The number of halogens is 1. The molecule has 4 rings (SSSR count). The average molecular weight is 512 g/mol. The highest BCUT2D eigenvalue weighted by Crippen LogP contribution is 2.35. The summed E-state index contributed by atoms with van der Waals surface area (Å²) in [7, 11) is 0. The van der Waals surface area contributed by atoms with Gasteiger partial charge in [0.15, 0.2) is 0 Å². The normalized spacial score (nSPS) is 14.6. The van der Waals surface area contributed by atoms with Crippen LogP contribution in [-0.2, 0) is 9.59 Å². The van der Waals surface area contributed by atoms with Crippen molar-refractivity contribution in [1.82, 2.24) is 4.90 Å². The molecule has 0 unspecified atom stereocenters. The molecule has 0 aliphatic carbocycles. The Balaban J connectivity index is 1.47. The summed E-state index contributed by atoms with van der Waals surface area (Å²) in [6.45, 7) is 3.45. The van der Waals surface area contributed by atoms with Crippen molar-refractivity contribution in [2.24, 2.45) is 0 Å². The van der Waals surface area contributed by atoms with E-state index in [1.165, 1.54) is 18.2 Å². The maximum atomic E-state index is 12.7. The number of carbonyl (C=O) groups excluding carboxylic acids is 3. The lowest BCUT2D eigenvalue weighted by Crippen LogP contribution is -2.36. The van der Waals surface area contributed by atoms with Gasteiger partial charge >= 0.3 is 0 Å². The van der Waals surface area contributed by atoms with Crippen molar-refractivity contribution in [3.63, 3.8) is 0 Å². The van der Waals surface area contributed by atoms with E-state index in [0.717, 1.165) is 16.0 Å². The highest BCUT2D eigenvalue weighted by Gasteiger charge is 2.36. The van der Waals surface area contributed by atoms with Crippen molar-refractivity contribution in [3.8, 4) is 11.3 Å². The van der Waals surface area contributed by atoms with Gasteiger partial charge in [0.2, 0.25) is 5.91 Å². The minimum Gasteiger partial charge on any atom is -0.457 e. The molecule has 2 aromatic carbocycles. The number of nitro groups is 1. The molecule has 3 amide bonds. The molecule has 1 fully saturated rings. The van der Waals surface area contributed by atoms with E-state index < -0.39 is 28.5 Å². The van der Waals surface area contributed by atoms with Crippen LogP contribution in [0.15, 0.2) is 57.9 Å². The lowest BCUT2D eigenvalue weighted by molar-refractivity contribution is -0.384. The van der Waals surface area contributed by atoms with Crippen molar-refractivity contribution in [2.45, 2.75) is 13.8 Å². The van der Waals surface area contributed by atoms with Crippen LogP contribution >= 0.6 is 23.4 Å². The zero-order chi connectivity index (χ0) is 25.3. The number of anilines is 1. The smallest absolute Gasteiger partial charge is 0.294 e. The van der Waals surface area contributed by atoms with E-state index in [-0.39, 0.29) is 21.4 Å². The predicted octanol–water partition coefficient (Wildman–Crippen LogP) is 5.80. The number of nitrogens with one attached hydrogen (secondary N) is 1. The second-order valence-electron chi connectivity index (χ2n) is 7.74. The molecule has 1 aliphatic rings. The summed E-state index contributed by atoms with van der Waals surface area (Å²) in [5.41, 5.74) is 2.82. The monoisotopic (exact) mass is 511 g/mol. The molecule has 0 radical (unpaired) electrons. The molecule has 0 bridgehead atoms. The SMILES string of the molecule is Cc1ccc(NC(=O)CN2C(=O)S/C(=C\c3ccc(-c4ccc(Cl)c([N+](=O)[O-])c4)o3)C2=O)cc1C. The Labute approximate surface area is 208 Å². The van der Waals surface area contributed by atoms with Crippen LogP contribution in [0.5, 0.6) is 0 Å². The second-order valence-corrected chi connectivity index (χ2v) is 9.14. The lowest BCUT2D eigenvalue weighted by Gasteiger charge is -2.13. The maximum Gasteiger partial charge on any atom is 0.294 e. The number of amides is 3. The Morgan fingerprint density at radius 3 is 2.63 bits per heavy atom. The van der Waals surface area contributed by atoms with E-state index in [9.17, 15) is 24.5 Å². The Bertz CT molecular complexity index is 1410. The first-order valence-electron chi connectivity index (χ1n) is 10.3. The zero-order valence-corrected chi connectivity index (χ0v) is 20.1. The minimum absolute atomic E-state index is 0.000698. The van der Waals surface area contributed by atoms with Crippen LogP contribution in [0.4, 0.5) is 16.2 Å². The lowest BCUT2D eigenvalue weighted by atomic mass is 10.1. The van der Waals surface area contributed by atoms with Gasteiger partial charge in [0.25, 0.3) is 16.8 Å². The number of nitrogens with zero attached hydrogens (tertiary/aromatic N) is 2. The summed E-state index contributed by atoms with van der Waals surface area (Å²) in [5, 5.41) is 13.2. The molecule has 178 valence electrons. The molecule has 1 saturated heterocycles. The number of nitro benzene ring substituents is 1. The van der Waals surface area contributed by atoms with Crippen molar-refractivity contribution < 1.29 is 23.7 Å². The first kappa shape index (κ1) is 24.2. The fraction of sp³-hybridized carbons (Fsp3) is 0.125. The molecule has 2 heterocycles. The van der Waals surface area contributed by atoms with Crippen molar-refractivity contribution in [3.05, 3.63) is 85.5 Å². The molecular weight excluding hydrogens is 494 g/mol. The van der Waals surface area contributed by atoms with Gasteiger partial charge in [0.1, 0.15) is 23.1 Å². The van der Waals surface area contributed by atoms with Gasteiger partial charge in [-0.05, 0) is 73.1 Å². The molecular formula is C24H18ClN3O6S. The molecule has 0 atom stereocenters. The number of thioether (sulfide) groups is 1. The van der Waals surface area contributed by atoms with E-state index in [0.29, 0.717) is 28.8 Å². The van der Waals surface area contributed by atoms with Gasteiger partial charge in [-0.15, -0.1) is 0 Å². The third-order valence-corrected chi connectivity index (χ3v) is 6.52. The quantitative estimate of drug-likeness (QED) is 0.252. The fourth-order valence-corrected chi connectivity index (χ4v) is 4.33. The Morgan fingerprint density at radius 1 is 1.14 bits per heavy atom. The molecule has 0 saturated carbocycles. The van der Waals surface area contributed by atoms with Gasteiger partial charge in [-0.2, -0.15) is 0 Å². The van der Waals surface area contributed by atoms with Gasteiger partial charge in [-0.25, -0.2) is 0 Å². The summed E-state index contributed by atoms with van der Waals surface area (Å²) >= 11 is 6.54. The van der Waals surface area contributed by atoms with Crippen LogP contribution in [0.1, 0.15) is 16.9 Å². The standard InChI is InChI=1S/C24H18ClN3O6S/c1-13-3-5-16(9-14(13)2)26-22(29)12-27-23(30)21(35-24(27)31)11-17-6-8-20(34-17)15-4-7-18(25)19(10-15)28(32)33/h3-11H,12H2,1-2H3,(H,26,29)/b21-11-. The number of furan rings is 1. The largest absolute Gasteiger partial charge is 0.457 e. The maximum absolute atomic E-state index is 12.7. The summed E-state index contributed by atoms with van der Waals surface area (Å²) in [6.07, 6.45) is 1.39. The van der Waals surface area contributed by atoms with E-state index in [4.69, 9.17) is 16.0 Å². The van der Waals surface area contributed by atoms with Crippen LogP contribution in [0.2, 0.25) is 5.02 Å². The third kappa shape index (κ3) is 5.28. The topological polar surface area (TPSA) is 123 Å². The van der Waals surface area contributed by atoms with Gasteiger partial charge in [0.05, 0.1) is 9.83 Å². The number of hydrogen-bond donors (Lipinski definition) is 1. The number of imide groups is 1. The highest BCUT2D eigenvalue weighted by atomic mass is 35.5. The number of carbonyl (C=O) groups is 3. The number of aryl methyl sites for hydroxylation is 2. The fourth-order valence-electron chi connectivity index (χ4n) is 3.32. The van der Waals surface area contributed by atoms with Crippen molar-refractivity contribution >= 4 is 57.9 Å². The van der Waals surface area contributed by atoms with Crippen molar-refractivity contribution in [2.75, 3.05) is 11.9 Å². The Hall–Kier alpha value is -3.89. The van der Waals surface area contributed by atoms with Crippen LogP contribution in [0.3, 0.4) is 0 Å². The van der Waals surface area contributed by atoms with Crippen LogP contribution in [-0.4, -0.2) is 33.4 Å². The van der Waals surface area contributed by atoms with Crippen LogP contribution < -0.4 is 5.32 Å². The molecule has 1 aromatic heterocycles. The molecule has 0 spiro atoms. The van der Waals surface area contributed by atoms with E-state index in [2.05, 4.69) is 5.32 Å². The third-order valence-electron chi connectivity index (χ3n) is 5.29. The Kier molecular flexibility index (Phi) is 6.77. The minimum atomic E-state index is -0.615. The summed E-state index contributed by atoms with van der Waals surface area (Å²) in [5.74, 6) is -0.526. The number of benzene rings is 2. The van der Waals surface area contributed by atoms with Crippen LogP contribution in [0, 0.1) is 24.0 Å². The summed E-state index contributed by atoms with van der Waals surface area (Å²) < 4.78 is 5.69. The first-order valence-corrected chi connectivity index (χ1v) is 11.5. The molecule has 35 heavy (non-hydrogen) atoms. The summed E-state index contributed by atoms with van der Waals surface area (Å²) in [6, 6.07) is 12.8. The van der Waals surface area contributed by atoms with E-state index in [1.807, 2.05) is 26.0 Å². The zero-order valence-electron chi connectivity index (χ0n) is 18.5. The van der Waals surface area contributed by atoms with Gasteiger partial charge in [-0.1, -0.05) is 17.7 Å². The number of hydrogen-bond acceptors (Lipinski definition) is 7. The molecule has 9 nitrogen and oxygen atoms in total. The first-order chi connectivity index (χ1) is 16.6. The van der Waals surface area contributed by atoms with Gasteiger partial charge < -0.3 is 9.73 Å². The second kappa shape index (κ2) is 9.77. The van der Waals surface area contributed by atoms with Gasteiger partial charge in [0, 0.05) is 23.4 Å². The molecule has 3 aromatic rings. The molecule has 1 aliphatic heterocycles. The molecule has 1 N–H and O–H groups in total. The van der Waals surface area contributed by atoms with Crippen molar-refractivity contribution in [1.29, 1.82) is 0 Å². The van der Waals surface area contributed by atoms with Gasteiger partial charge in [-0.3, -0.25) is 29.4 Å². The highest BCUT2D eigenvalue weighted by molar-refractivity contribution is 8.18. The van der Waals surface area contributed by atoms with E-state index >= 15 is 0 Å². The predicted molar refractivity (Wildman–Crippen MR) is 133 cm³/mol. The number of rotatable bonds is 6. The molecule has 11 heteroatoms. The van der Waals surface area contributed by atoms with Crippen LogP contribution in [0.25, 0.3) is 17.4 Å².